The van der Waals surface area contributed by atoms with Crippen molar-refractivity contribution < 1.29 is 58.5 Å². The van der Waals surface area contributed by atoms with Crippen LogP contribution < -0.4 is 43.0 Å². The highest BCUT2D eigenvalue weighted by Crippen LogP contribution is 2.07. The fourth-order valence-electron chi connectivity index (χ4n) is 4.43. The highest BCUT2D eigenvalue weighted by atomic mass is 16.4. The van der Waals surface area contributed by atoms with Crippen molar-refractivity contribution in [1.82, 2.24) is 37.2 Å². The van der Waals surface area contributed by atoms with Crippen molar-refractivity contribution >= 4 is 53.3 Å². The third-order valence-electron chi connectivity index (χ3n) is 6.97. The molecule has 0 aliphatic carbocycles. The van der Waals surface area contributed by atoms with E-state index in [1.54, 1.807) is 13.8 Å². The quantitative estimate of drug-likeness (QED) is 0.0540. The van der Waals surface area contributed by atoms with E-state index in [1.165, 1.54) is 6.92 Å². The van der Waals surface area contributed by atoms with Gasteiger partial charge in [-0.1, -0.05) is 13.8 Å². The van der Waals surface area contributed by atoms with E-state index in [4.69, 9.17) is 15.9 Å². The molecule has 1 rings (SSSR count). The molecule has 48 heavy (non-hydrogen) atoms. The van der Waals surface area contributed by atoms with Crippen LogP contribution in [0.25, 0.3) is 0 Å². The summed E-state index contributed by atoms with van der Waals surface area (Å²) in [5.74, 6) is -8.49. The summed E-state index contributed by atoms with van der Waals surface area (Å²) in [5, 5.41) is 44.4. The minimum atomic E-state index is -1.53. The molecular formula is C28H46N8O12. The number of aliphatic hydroxyl groups is 1. The second-order valence-electron chi connectivity index (χ2n) is 11.7. The number of primary amides is 1. The van der Waals surface area contributed by atoms with Crippen LogP contribution in [0.3, 0.4) is 0 Å². The lowest BCUT2D eigenvalue weighted by Gasteiger charge is -2.24. The van der Waals surface area contributed by atoms with Gasteiger partial charge in [0.25, 0.3) is 0 Å². The first-order valence-electron chi connectivity index (χ1n) is 15.3. The highest BCUT2D eigenvalue weighted by Gasteiger charge is 2.31. The van der Waals surface area contributed by atoms with E-state index in [1.807, 2.05) is 0 Å². The zero-order valence-electron chi connectivity index (χ0n) is 27.0. The first-order valence-corrected chi connectivity index (χ1v) is 15.3. The molecule has 0 aromatic heterocycles. The third-order valence-corrected chi connectivity index (χ3v) is 6.97. The van der Waals surface area contributed by atoms with Crippen LogP contribution in [-0.4, -0.2) is 125 Å². The molecule has 20 nitrogen and oxygen atoms in total. The number of carboxylic acids is 2. The molecule has 1 aliphatic rings. The normalized spacial score (nSPS) is 17.9. The predicted octanol–water partition coefficient (Wildman–Crippen LogP) is -4.84. The number of rotatable bonds is 21. The monoisotopic (exact) mass is 686 g/mol. The van der Waals surface area contributed by atoms with Gasteiger partial charge >= 0.3 is 11.9 Å². The Hall–Kier alpha value is -4.85. The number of hydrogen-bond donors (Lipinski definition) is 11. The maximum atomic E-state index is 13.1. The fourth-order valence-corrected chi connectivity index (χ4v) is 4.43. The minimum Gasteiger partial charge on any atom is -0.481 e. The van der Waals surface area contributed by atoms with Gasteiger partial charge in [0.05, 0.1) is 25.2 Å². The van der Waals surface area contributed by atoms with Gasteiger partial charge in [-0.05, 0) is 38.5 Å². The molecule has 0 saturated carbocycles. The summed E-state index contributed by atoms with van der Waals surface area (Å²) in [6.07, 6.45) is -2.15. The van der Waals surface area contributed by atoms with Crippen molar-refractivity contribution in [2.45, 2.75) is 95.6 Å². The number of carboxylic acid groups (broad SMARTS) is 2. The second-order valence-corrected chi connectivity index (χ2v) is 11.7. The number of carbonyl (C=O) groups excluding carboxylic acids is 7. The smallest absolute Gasteiger partial charge is 0.325 e. The number of carbonyl (C=O) groups is 9. The van der Waals surface area contributed by atoms with Gasteiger partial charge in [-0.3, -0.25) is 43.2 Å². The van der Waals surface area contributed by atoms with Gasteiger partial charge in [-0.15, -0.1) is 0 Å². The Labute approximate surface area is 276 Å². The fraction of sp³-hybridized carbons (Fsp3) is 0.679. The Kier molecular flexibility index (Phi) is 17.5. The van der Waals surface area contributed by atoms with E-state index in [9.17, 15) is 48.3 Å². The van der Waals surface area contributed by atoms with E-state index < -0.39 is 116 Å². The largest absolute Gasteiger partial charge is 0.481 e. The van der Waals surface area contributed by atoms with Crippen molar-refractivity contribution in [3.8, 4) is 0 Å². The molecule has 1 fully saturated rings. The molecule has 7 amide bonds. The topological polar surface area (TPSA) is 325 Å². The van der Waals surface area contributed by atoms with E-state index in [-0.39, 0.29) is 38.1 Å². The van der Waals surface area contributed by atoms with Crippen LogP contribution in [0, 0.1) is 5.92 Å². The second kappa shape index (κ2) is 20.4. The lowest BCUT2D eigenvalue weighted by molar-refractivity contribution is -0.142. The van der Waals surface area contributed by atoms with E-state index in [2.05, 4.69) is 37.2 Å². The molecule has 20 heteroatoms. The van der Waals surface area contributed by atoms with E-state index in [0.717, 1.165) is 0 Å². The Morgan fingerprint density at radius 2 is 1.29 bits per heavy atom. The van der Waals surface area contributed by atoms with Crippen LogP contribution in [0.2, 0.25) is 0 Å². The average Bonchev–Trinajstić information content (AvgIpc) is 3.43. The number of nitrogens with one attached hydrogen (secondary N) is 7. The summed E-state index contributed by atoms with van der Waals surface area (Å²) in [4.78, 5) is 110. The Bertz CT molecular complexity index is 1210. The highest BCUT2D eigenvalue weighted by molar-refractivity contribution is 5.96. The molecule has 6 atom stereocenters. The minimum absolute atomic E-state index is 0.0935. The molecule has 1 saturated heterocycles. The zero-order valence-corrected chi connectivity index (χ0v) is 27.0. The van der Waals surface area contributed by atoms with Crippen molar-refractivity contribution in [2.75, 3.05) is 19.6 Å². The molecule has 1 aliphatic heterocycles. The summed E-state index contributed by atoms with van der Waals surface area (Å²) in [6.45, 7) is 3.69. The van der Waals surface area contributed by atoms with Crippen molar-refractivity contribution in [1.29, 1.82) is 0 Å². The number of nitrogens with two attached hydrogens (primary N) is 1. The first kappa shape index (κ1) is 41.2. The molecule has 0 unspecified atom stereocenters. The van der Waals surface area contributed by atoms with Crippen LogP contribution in [0.5, 0.6) is 0 Å². The van der Waals surface area contributed by atoms with Gasteiger partial charge in [-0.2, -0.15) is 0 Å². The summed E-state index contributed by atoms with van der Waals surface area (Å²) < 4.78 is 0. The number of aliphatic hydroxyl groups excluding tert-OH is 1. The van der Waals surface area contributed by atoms with E-state index >= 15 is 0 Å². The predicted molar refractivity (Wildman–Crippen MR) is 164 cm³/mol. The molecule has 270 valence electrons. The van der Waals surface area contributed by atoms with Gasteiger partial charge in [0, 0.05) is 19.4 Å². The number of β-amino-alcohol motifs (C(OH)–C–C–N with tert-alkyl or cyclic N) is 1. The van der Waals surface area contributed by atoms with Gasteiger partial charge < -0.3 is 58.3 Å². The Morgan fingerprint density at radius 3 is 1.81 bits per heavy atom. The van der Waals surface area contributed by atoms with Gasteiger partial charge in [0.2, 0.25) is 41.4 Å². The zero-order chi connectivity index (χ0) is 36.6. The SMILES string of the molecule is CC(C)C[C@H](NC(=O)CNC(=O)[C@H](CCC(=O)O)NC(=O)[C@H](CCC(N)=O)NC(=O)CNC(=O)[C@@H]1C[C@@H](O)CN1)C(=O)N[C@@H](C)C(=O)O. The first-order chi connectivity index (χ1) is 22.4. The molecule has 12 N–H and O–H groups in total. The maximum absolute atomic E-state index is 13.1. The molecular weight excluding hydrogens is 640 g/mol. The van der Waals surface area contributed by atoms with Gasteiger partial charge in [0.15, 0.2) is 0 Å². The number of aliphatic carboxylic acids is 2. The van der Waals surface area contributed by atoms with Crippen LogP contribution in [0.1, 0.15) is 59.3 Å². The van der Waals surface area contributed by atoms with Crippen molar-refractivity contribution in [2.24, 2.45) is 11.7 Å². The van der Waals surface area contributed by atoms with Crippen LogP contribution in [0.15, 0.2) is 0 Å². The molecule has 0 bridgehead atoms. The molecule has 0 radical (unpaired) electrons. The van der Waals surface area contributed by atoms with Crippen LogP contribution >= 0.6 is 0 Å². The molecule has 0 aromatic carbocycles. The molecule has 1 heterocycles. The number of hydrogen-bond acceptors (Lipinski definition) is 11. The van der Waals surface area contributed by atoms with Crippen molar-refractivity contribution in [3.63, 3.8) is 0 Å². The summed E-state index contributed by atoms with van der Waals surface area (Å²) >= 11 is 0. The molecule has 0 spiro atoms. The van der Waals surface area contributed by atoms with Crippen molar-refractivity contribution in [3.05, 3.63) is 0 Å². The van der Waals surface area contributed by atoms with E-state index in [0.29, 0.717) is 0 Å². The lowest BCUT2D eigenvalue weighted by Crippen LogP contribution is -2.56. The standard InChI is InChI=1S/C28H46N8O12/c1-13(2)8-19(27(46)33-14(3)28(47)48)35-22(40)12-31-24(43)16(5-7-23(41)42)36-26(45)17(4-6-20(29)38)34-21(39)11-32-25(44)18-9-15(37)10-30-18/h13-19,30,37H,4-12H2,1-3H3,(H2,29,38)(H,31,43)(H,32,44)(H,33,46)(H,34,39)(H,35,40)(H,36,45)(H,41,42)(H,47,48)/t14-,15+,16-,17-,18-,19-/m0/s1. The Morgan fingerprint density at radius 1 is 0.750 bits per heavy atom. The Balaban J connectivity index is 2.91. The third kappa shape index (κ3) is 16.1. The van der Waals surface area contributed by atoms with Crippen LogP contribution in [-0.2, 0) is 43.2 Å². The average molecular weight is 687 g/mol. The molecule has 0 aromatic rings. The maximum Gasteiger partial charge on any atom is 0.325 e. The van der Waals surface area contributed by atoms with Crippen LogP contribution in [0.4, 0.5) is 0 Å². The lowest BCUT2D eigenvalue weighted by atomic mass is 10.0. The number of amides is 7. The summed E-state index contributed by atoms with van der Waals surface area (Å²) in [5.41, 5.74) is 5.18. The summed E-state index contributed by atoms with van der Waals surface area (Å²) in [6, 6.07) is -6.07. The van der Waals surface area contributed by atoms with Gasteiger partial charge in [0.1, 0.15) is 24.2 Å². The summed E-state index contributed by atoms with van der Waals surface area (Å²) in [7, 11) is 0. The van der Waals surface area contributed by atoms with Gasteiger partial charge in [-0.25, -0.2) is 0 Å².